The minimum Gasteiger partial charge on any atom is -0.545 e. The summed E-state index contributed by atoms with van der Waals surface area (Å²) in [7, 11) is 0. The fourth-order valence-electron chi connectivity index (χ4n) is 2.54. The summed E-state index contributed by atoms with van der Waals surface area (Å²) >= 11 is 0. The van der Waals surface area contributed by atoms with Crippen molar-refractivity contribution in [2.75, 3.05) is 44.2 Å². The van der Waals surface area contributed by atoms with Crippen molar-refractivity contribution in [3.05, 3.63) is 33.9 Å². The number of rotatable bonds is 5. The number of hydrogen-bond acceptors (Lipinski definition) is 6. The molecule has 1 fully saturated rings. The van der Waals surface area contributed by atoms with Gasteiger partial charge in [0.1, 0.15) is 12.2 Å². The van der Waals surface area contributed by atoms with Crippen molar-refractivity contribution in [2.24, 2.45) is 0 Å². The molecule has 8 heteroatoms. The van der Waals surface area contributed by atoms with E-state index in [9.17, 15) is 20.0 Å². The maximum absolute atomic E-state index is 11.1. The minimum absolute atomic E-state index is 0.121. The Morgan fingerprint density at radius 2 is 2.05 bits per heavy atom. The molecule has 0 saturated carbocycles. The Morgan fingerprint density at radius 1 is 1.38 bits per heavy atom. The number of hydrogen-bond donors (Lipinski definition) is 2. The van der Waals surface area contributed by atoms with Crippen molar-refractivity contribution < 1.29 is 24.8 Å². The lowest BCUT2D eigenvalue weighted by Gasteiger charge is -2.33. The van der Waals surface area contributed by atoms with E-state index in [0.29, 0.717) is 25.3 Å². The van der Waals surface area contributed by atoms with Gasteiger partial charge < -0.3 is 24.8 Å². The van der Waals surface area contributed by atoms with E-state index < -0.39 is 10.9 Å². The average molecular weight is 295 g/mol. The maximum atomic E-state index is 11.1. The summed E-state index contributed by atoms with van der Waals surface area (Å²) in [5.74, 6) is -1.43. The number of nitrogens with one attached hydrogen (secondary N) is 1. The van der Waals surface area contributed by atoms with Gasteiger partial charge in [0.05, 0.1) is 43.7 Å². The standard InChI is InChI=1S/C13H17N3O5/c17-8-7-14-3-5-15(6-4-14)11-2-1-10(13(18)19)9-12(11)16(20)21/h1-2,9,17H,3-8H2,(H,18,19). The number of aromatic carboxylic acids is 1. The summed E-state index contributed by atoms with van der Waals surface area (Å²) in [5, 5.41) is 30.9. The molecular formula is C13H17N3O5. The van der Waals surface area contributed by atoms with Gasteiger partial charge in [0.2, 0.25) is 0 Å². The predicted molar refractivity (Wildman–Crippen MR) is 72.3 cm³/mol. The first-order valence-corrected chi connectivity index (χ1v) is 6.72. The average Bonchev–Trinajstić information content (AvgIpc) is 2.47. The van der Waals surface area contributed by atoms with Crippen LogP contribution in [0.2, 0.25) is 0 Å². The van der Waals surface area contributed by atoms with E-state index >= 15 is 0 Å². The Hall–Kier alpha value is -2.19. The van der Waals surface area contributed by atoms with Gasteiger partial charge in [-0.2, -0.15) is 0 Å². The topological polar surface area (TPSA) is 111 Å². The number of aliphatic hydroxyl groups is 1. The molecule has 1 heterocycles. The summed E-state index contributed by atoms with van der Waals surface area (Å²) in [6.07, 6.45) is 0. The van der Waals surface area contributed by atoms with Crippen LogP contribution in [-0.4, -0.2) is 55.3 Å². The number of aliphatic hydroxyl groups excluding tert-OH is 1. The SMILES string of the molecule is O=C([O-])c1ccc(N2CC[NH+](CCO)CC2)c([N+](=O)[O-])c1. The quantitative estimate of drug-likeness (QED) is 0.465. The number of nitro groups is 1. The van der Waals surface area contributed by atoms with Crippen molar-refractivity contribution in [2.45, 2.75) is 0 Å². The molecule has 0 aliphatic carbocycles. The molecule has 0 amide bonds. The van der Waals surface area contributed by atoms with Gasteiger partial charge in [-0.15, -0.1) is 0 Å². The van der Waals surface area contributed by atoms with E-state index in [1.807, 2.05) is 4.90 Å². The number of anilines is 1. The van der Waals surface area contributed by atoms with Crippen LogP contribution in [0.1, 0.15) is 10.4 Å². The Bertz CT molecular complexity index is 541. The summed E-state index contributed by atoms with van der Waals surface area (Å²) in [6.45, 7) is 3.59. The van der Waals surface area contributed by atoms with Crippen LogP contribution in [0, 0.1) is 10.1 Å². The van der Waals surface area contributed by atoms with Gasteiger partial charge in [0, 0.05) is 11.6 Å². The molecule has 0 unspecified atom stereocenters. The highest BCUT2D eigenvalue weighted by atomic mass is 16.6. The third-order valence-corrected chi connectivity index (χ3v) is 3.68. The van der Waals surface area contributed by atoms with E-state index in [1.54, 1.807) is 0 Å². The third-order valence-electron chi connectivity index (χ3n) is 3.68. The number of carbonyl (C=O) groups excluding carboxylic acids is 1. The van der Waals surface area contributed by atoms with Crippen molar-refractivity contribution in [1.82, 2.24) is 0 Å². The fourth-order valence-corrected chi connectivity index (χ4v) is 2.54. The Morgan fingerprint density at radius 3 is 2.57 bits per heavy atom. The van der Waals surface area contributed by atoms with Gasteiger partial charge in [-0.1, -0.05) is 6.07 Å². The summed E-state index contributed by atoms with van der Waals surface area (Å²) in [6, 6.07) is 3.82. The van der Waals surface area contributed by atoms with Crippen molar-refractivity contribution in [3.63, 3.8) is 0 Å². The molecule has 0 spiro atoms. The van der Waals surface area contributed by atoms with Crippen LogP contribution in [0.4, 0.5) is 11.4 Å². The lowest BCUT2D eigenvalue weighted by molar-refractivity contribution is -0.900. The highest BCUT2D eigenvalue weighted by Gasteiger charge is 2.25. The first-order valence-electron chi connectivity index (χ1n) is 6.72. The second-order valence-electron chi connectivity index (χ2n) is 4.96. The summed E-state index contributed by atoms with van der Waals surface area (Å²) in [4.78, 5) is 24.5. The van der Waals surface area contributed by atoms with Gasteiger partial charge >= 0.3 is 0 Å². The van der Waals surface area contributed by atoms with E-state index in [2.05, 4.69) is 0 Å². The van der Waals surface area contributed by atoms with E-state index in [-0.39, 0.29) is 17.9 Å². The molecule has 1 aromatic rings. The molecule has 0 aromatic heterocycles. The normalized spacial score (nSPS) is 16.0. The van der Waals surface area contributed by atoms with Crippen LogP contribution in [0.15, 0.2) is 18.2 Å². The first kappa shape index (κ1) is 15.2. The molecule has 2 N–H and O–H groups in total. The molecule has 0 radical (unpaired) electrons. The van der Waals surface area contributed by atoms with Crippen LogP contribution >= 0.6 is 0 Å². The Kier molecular flexibility index (Phi) is 4.71. The lowest BCUT2D eigenvalue weighted by atomic mass is 10.1. The molecule has 8 nitrogen and oxygen atoms in total. The molecule has 21 heavy (non-hydrogen) atoms. The van der Waals surface area contributed by atoms with E-state index in [4.69, 9.17) is 5.11 Å². The summed E-state index contributed by atoms with van der Waals surface area (Å²) < 4.78 is 0. The molecule has 1 aliphatic rings. The van der Waals surface area contributed by atoms with Crippen molar-refractivity contribution >= 4 is 17.3 Å². The maximum Gasteiger partial charge on any atom is 0.293 e. The molecule has 1 aromatic carbocycles. The smallest absolute Gasteiger partial charge is 0.293 e. The number of carboxylic acids is 1. The van der Waals surface area contributed by atoms with Crippen molar-refractivity contribution in [3.8, 4) is 0 Å². The number of nitro benzene ring substituents is 1. The molecule has 0 atom stereocenters. The molecular weight excluding hydrogens is 278 g/mol. The zero-order valence-corrected chi connectivity index (χ0v) is 11.4. The van der Waals surface area contributed by atoms with Crippen LogP contribution in [0.5, 0.6) is 0 Å². The number of carboxylic acid groups (broad SMARTS) is 1. The number of quaternary nitrogens is 1. The number of nitrogens with zero attached hydrogens (tertiary/aromatic N) is 2. The fraction of sp³-hybridized carbons (Fsp3) is 0.462. The largest absolute Gasteiger partial charge is 0.545 e. The molecule has 0 bridgehead atoms. The third kappa shape index (κ3) is 3.47. The van der Waals surface area contributed by atoms with Gasteiger partial charge in [-0.3, -0.25) is 10.1 Å². The second kappa shape index (κ2) is 6.51. The zero-order chi connectivity index (χ0) is 15.4. The van der Waals surface area contributed by atoms with Crippen LogP contribution in [-0.2, 0) is 0 Å². The molecule has 1 aliphatic heterocycles. The lowest BCUT2D eigenvalue weighted by Crippen LogP contribution is -3.15. The molecule has 2 rings (SSSR count). The van der Waals surface area contributed by atoms with Crippen LogP contribution in [0.3, 0.4) is 0 Å². The van der Waals surface area contributed by atoms with Gasteiger partial charge in [0.15, 0.2) is 0 Å². The monoisotopic (exact) mass is 295 g/mol. The summed E-state index contributed by atoms with van der Waals surface area (Å²) in [5.41, 5.74) is 0.00495. The van der Waals surface area contributed by atoms with Gasteiger partial charge in [-0.05, 0) is 6.07 Å². The number of carbonyl (C=O) groups is 1. The predicted octanol–water partition coefficient (Wildman–Crippen LogP) is -2.34. The highest BCUT2D eigenvalue weighted by Crippen LogP contribution is 2.29. The first-order chi connectivity index (χ1) is 10.0. The number of piperazine rings is 1. The Balaban J connectivity index is 2.20. The second-order valence-corrected chi connectivity index (χ2v) is 4.96. The van der Waals surface area contributed by atoms with Gasteiger partial charge in [0.25, 0.3) is 5.69 Å². The Labute approximate surface area is 121 Å². The van der Waals surface area contributed by atoms with Gasteiger partial charge in [-0.25, -0.2) is 0 Å². The molecule has 1 saturated heterocycles. The van der Waals surface area contributed by atoms with Crippen LogP contribution in [0.25, 0.3) is 0 Å². The number of benzene rings is 1. The van der Waals surface area contributed by atoms with Crippen LogP contribution < -0.4 is 14.9 Å². The van der Waals surface area contributed by atoms with E-state index in [0.717, 1.165) is 19.2 Å². The highest BCUT2D eigenvalue weighted by molar-refractivity contribution is 5.88. The zero-order valence-electron chi connectivity index (χ0n) is 11.4. The molecule has 114 valence electrons. The minimum atomic E-state index is -1.43. The van der Waals surface area contributed by atoms with Crippen molar-refractivity contribution in [1.29, 1.82) is 0 Å². The van der Waals surface area contributed by atoms with E-state index in [1.165, 1.54) is 17.0 Å².